The van der Waals surface area contributed by atoms with Crippen LogP contribution in [0.15, 0.2) is 0 Å². The van der Waals surface area contributed by atoms with Gasteiger partial charge in [-0.2, -0.15) is 0 Å². The van der Waals surface area contributed by atoms with Crippen LogP contribution in [0.2, 0.25) is 0 Å². The monoisotopic (exact) mass is 186 g/mol. The average Bonchev–Trinajstić information content (AvgIpc) is 2.57. The first-order valence-electron chi connectivity index (χ1n) is 5.29. The molecule has 1 rings (SSSR count). The van der Waals surface area contributed by atoms with Crippen molar-refractivity contribution in [3.63, 3.8) is 0 Å². The molecule has 1 aliphatic rings. The summed E-state index contributed by atoms with van der Waals surface area (Å²) in [5.74, 6) is 0.603. The van der Waals surface area contributed by atoms with Gasteiger partial charge in [0.2, 0.25) is 0 Å². The third kappa shape index (κ3) is 3.63. The van der Waals surface area contributed by atoms with E-state index in [0.717, 1.165) is 13.2 Å². The van der Waals surface area contributed by atoms with Gasteiger partial charge in [-0.3, -0.25) is 0 Å². The highest BCUT2D eigenvalue weighted by Crippen LogP contribution is 2.11. The van der Waals surface area contributed by atoms with Crippen molar-refractivity contribution in [3.05, 3.63) is 0 Å². The third-order valence-electron chi connectivity index (χ3n) is 2.69. The number of rotatable bonds is 5. The molecule has 0 aromatic carbocycles. The Morgan fingerprint density at radius 3 is 2.77 bits per heavy atom. The Morgan fingerprint density at radius 2 is 2.31 bits per heavy atom. The van der Waals surface area contributed by atoms with Crippen molar-refractivity contribution in [1.82, 2.24) is 5.32 Å². The molecule has 3 nitrogen and oxygen atoms in total. The van der Waals surface area contributed by atoms with Crippen LogP contribution in [0.5, 0.6) is 0 Å². The first-order valence-corrected chi connectivity index (χ1v) is 5.29. The first kappa shape index (κ1) is 11.0. The minimum Gasteiger partial charge on any atom is -0.377 e. The second-order valence-corrected chi connectivity index (χ2v) is 4.13. The van der Waals surface area contributed by atoms with E-state index in [4.69, 9.17) is 10.5 Å². The normalized spacial score (nSPS) is 25.4. The maximum Gasteiger partial charge on any atom is 0.0700 e. The van der Waals surface area contributed by atoms with Gasteiger partial charge in [0.1, 0.15) is 0 Å². The van der Waals surface area contributed by atoms with E-state index >= 15 is 0 Å². The number of hydrogen-bond acceptors (Lipinski definition) is 3. The molecule has 0 amide bonds. The van der Waals surface area contributed by atoms with Gasteiger partial charge in [-0.15, -0.1) is 0 Å². The van der Waals surface area contributed by atoms with E-state index < -0.39 is 0 Å². The Kier molecular flexibility index (Phi) is 4.70. The number of hydrogen-bond donors (Lipinski definition) is 2. The molecule has 0 saturated carbocycles. The molecule has 0 aromatic heterocycles. The van der Waals surface area contributed by atoms with Crippen molar-refractivity contribution in [2.75, 3.05) is 19.7 Å². The van der Waals surface area contributed by atoms with Crippen LogP contribution in [0.3, 0.4) is 0 Å². The van der Waals surface area contributed by atoms with Crippen molar-refractivity contribution >= 4 is 0 Å². The topological polar surface area (TPSA) is 47.3 Å². The van der Waals surface area contributed by atoms with Gasteiger partial charge >= 0.3 is 0 Å². The Morgan fingerprint density at radius 1 is 1.54 bits per heavy atom. The summed E-state index contributed by atoms with van der Waals surface area (Å²) in [5.41, 5.74) is 5.66. The van der Waals surface area contributed by atoms with E-state index in [1.165, 1.54) is 12.8 Å². The largest absolute Gasteiger partial charge is 0.377 e. The molecular weight excluding hydrogens is 164 g/mol. The molecule has 0 bridgehead atoms. The van der Waals surface area contributed by atoms with Crippen LogP contribution in [-0.4, -0.2) is 31.8 Å². The molecule has 1 saturated heterocycles. The Labute approximate surface area is 81.0 Å². The summed E-state index contributed by atoms with van der Waals surface area (Å²) in [4.78, 5) is 0. The summed E-state index contributed by atoms with van der Waals surface area (Å²) in [7, 11) is 0. The van der Waals surface area contributed by atoms with Crippen molar-refractivity contribution in [2.24, 2.45) is 11.7 Å². The van der Waals surface area contributed by atoms with E-state index in [2.05, 4.69) is 19.2 Å². The van der Waals surface area contributed by atoms with Crippen LogP contribution < -0.4 is 11.1 Å². The Hall–Kier alpha value is -0.120. The lowest BCUT2D eigenvalue weighted by Crippen LogP contribution is -2.43. The predicted molar refractivity (Wildman–Crippen MR) is 54.7 cm³/mol. The van der Waals surface area contributed by atoms with E-state index in [9.17, 15) is 0 Å². The zero-order chi connectivity index (χ0) is 9.68. The van der Waals surface area contributed by atoms with Gasteiger partial charge in [0.15, 0.2) is 0 Å². The molecule has 78 valence electrons. The summed E-state index contributed by atoms with van der Waals surface area (Å²) in [6.07, 6.45) is 2.83. The molecule has 0 spiro atoms. The Bertz CT molecular complexity index is 133. The molecule has 13 heavy (non-hydrogen) atoms. The lowest BCUT2D eigenvalue weighted by atomic mass is 10.0. The van der Waals surface area contributed by atoms with Crippen molar-refractivity contribution < 1.29 is 4.74 Å². The Balaban J connectivity index is 2.15. The van der Waals surface area contributed by atoms with E-state index in [0.29, 0.717) is 24.6 Å². The second-order valence-electron chi connectivity index (χ2n) is 4.13. The minimum absolute atomic E-state index is 0.424. The second kappa shape index (κ2) is 5.58. The van der Waals surface area contributed by atoms with Crippen LogP contribution >= 0.6 is 0 Å². The SMILES string of the molecule is CC(C)C(CN)NC[C@H]1CCCO1. The van der Waals surface area contributed by atoms with Gasteiger partial charge in [0.05, 0.1) is 6.10 Å². The summed E-state index contributed by atoms with van der Waals surface area (Å²) in [6.45, 7) is 6.99. The zero-order valence-electron chi connectivity index (χ0n) is 8.75. The summed E-state index contributed by atoms with van der Waals surface area (Å²) < 4.78 is 5.52. The molecule has 1 aliphatic heterocycles. The van der Waals surface area contributed by atoms with Crippen LogP contribution in [0.1, 0.15) is 26.7 Å². The molecule has 2 atom stereocenters. The van der Waals surface area contributed by atoms with Crippen molar-refractivity contribution in [2.45, 2.75) is 38.8 Å². The maximum atomic E-state index is 5.66. The first-order chi connectivity index (χ1) is 6.24. The number of ether oxygens (including phenoxy) is 1. The summed E-state index contributed by atoms with van der Waals surface area (Å²) in [5, 5.41) is 3.46. The van der Waals surface area contributed by atoms with Crippen molar-refractivity contribution in [1.29, 1.82) is 0 Å². The van der Waals surface area contributed by atoms with Gasteiger partial charge < -0.3 is 15.8 Å². The third-order valence-corrected chi connectivity index (χ3v) is 2.69. The minimum atomic E-state index is 0.424. The molecule has 0 aromatic rings. The lowest BCUT2D eigenvalue weighted by molar-refractivity contribution is 0.106. The van der Waals surface area contributed by atoms with Gasteiger partial charge in [-0.05, 0) is 18.8 Å². The average molecular weight is 186 g/mol. The van der Waals surface area contributed by atoms with E-state index in [1.54, 1.807) is 0 Å². The molecular formula is C10H22N2O. The number of nitrogens with one attached hydrogen (secondary N) is 1. The molecule has 3 N–H and O–H groups in total. The number of nitrogens with two attached hydrogens (primary N) is 1. The highest BCUT2D eigenvalue weighted by Gasteiger charge is 2.17. The van der Waals surface area contributed by atoms with Crippen LogP contribution in [0.25, 0.3) is 0 Å². The molecule has 0 radical (unpaired) electrons. The lowest BCUT2D eigenvalue weighted by Gasteiger charge is -2.22. The zero-order valence-corrected chi connectivity index (χ0v) is 8.75. The molecule has 1 fully saturated rings. The fraction of sp³-hybridized carbons (Fsp3) is 1.00. The summed E-state index contributed by atoms with van der Waals surface area (Å²) >= 11 is 0. The molecule has 1 unspecified atom stereocenters. The van der Waals surface area contributed by atoms with Gasteiger partial charge in [0, 0.05) is 25.7 Å². The van der Waals surface area contributed by atoms with Gasteiger partial charge in [-0.25, -0.2) is 0 Å². The fourth-order valence-corrected chi connectivity index (χ4v) is 1.68. The summed E-state index contributed by atoms with van der Waals surface area (Å²) in [6, 6.07) is 0.434. The maximum absolute atomic E-state index is 5.66. The molecule has 1 heterocycles. The quantitative estimate of drug-likeness (QED) is 0.665. The molecule has 3 heteroatoms. The van der Waals surface area contributed by atoms with Crippen LogP contribution in [-0.2, 0) is 4.74 Å². The molecule has 0 aliphatic carbocycles. The standard InChI is InChI=1S/C10H22N2O/c1-8(2)10(6-11)12-7-9-4-3-5-13-9/h8-10,12H,3-7,11H2,1-2H3/t9-,10?/m1/s1. The van der Waals surface area contributed by atoms with Crippen LogP contribution in [0, 0.1) is 5.92 Å². The highest BCUT2D eigenvalue weighted by molar-refractivity contribution is 4.75. The van der Waals surface area contributed by atoms with E-state index in [-0.39, 0.29) is 0 Å². The smallest absolute Gasteiger partial charge is 0.0700 e. The van der Waals surface area contributed by atoms with E-state index in [1.807, 2.05) is 0 Å². The van der Waals surface area contributed by atoms with Crippen LogP contribution in [0.4, 0.5) is 0 Å². The van der Waals surface area contributed by atoms with Gasteiger partial charge in [0.25, 0.3) is 0 Å². The fourth-order valence-electron chi connectivity index (χ4n) is 1.68. The highest BCUT2D eigenvalue weighted by atomic mass is 16.5. The van der Waals surface area contributed by atoms with Gasteiger partial charge in [-0.1, -0.05) is 13.8 Å². The predicted octanol–water partition coefficient (Wildman–Crippen LogP) is 0.738. The van der Waals surface area contributed by atoms with Crippen molar-refractivity contribution in [3.8, 4) is 0 Å².